The van der Waals surface area contributed by atoms with Crippen LogP contribution in [0.2, 0.25) is 0 Å². The summed E-state index contributed by atoms with van der Waals surface area (Å²) in [5, 5.41) is 0. The molecule has 2 aliphatic rings. The van der Waals surface area contributed by atoms with Crippen molar-refractivity contribution in [2.45, 2.75) is 38.5 Å². The van der Waals surface area contributed by atoms with Gasteiger partial charge in [0.2, 0.25) is 5.91 Å². The Morgan fingerprint density at radius 2 is 2.15 bits per heavy atom. The molecule has 0 bridgehead atoms. The van der Waals surface area contributed by atoms with E-state index in [9.17, 15) is 4.79 Å². The maximum atomic E-state index is 12.2. The summed E-state index contributed by atoms with van der Waals surface area (Å²) in [6.07, 6.45) is 6.54. The molecule has 2 fully saturated rings. The second-order valence-electron chi connectivity index (χ2n) is 6.11. The second kappa shape index (κ2) is 5.95. The number of piperidine rings is 1. The maximum absolute atomic E-state index is 12.2. The number of hydrogen-bond acceptors (Lipinski definition) is 3. The van der Waals surface area contributed by atoms with Crippen LogP contribution < -0.4 is 0 Å². The number of H-pyrrole nitrogens is 1. The van der Waals surface area contributed by atoms with Gasteiger partial charge in [-0.1, -0.05) is 0 Å². The maximum Gasteiger partial charge on any atom is 0.236 e. The van der Waals surface area contributed by atoms with Crippen molar-refractivity contribution in [2.75, 3.05) is 32.7 Å². The largest absolute Gasteiger partial charge is 0.346 e. The predicted octanol–water partition coefficient (Wildman–Crippen LogP) is 1.52. The lowest BCUT2D eigenvalue weighted by Crippen LogP contribution is -2.43. The molecule has 0 aromatic carbocycles. The number of carbonyl (C=O) groups is 1. The number of likely N-dealkylation sites (tertiary alicyclic amines) is 2. The summed E-state index contributed by atoms with van der Waals surface area (Å²) >= 11 is 0. The van der Waals surface area contributed by atoms with Gasteiger partial charge in [0.1, 0.15) is 5.82 Å². The number of aryl methyl sites for hydroxylation is 1. The van der Waals surface area contributed by atoms with Crippen molar-refractivity contribution in [3.8, 4) is 0 Å². The molecule has 1 atom stereocenters. The van der Waals surface area contributed by atoms with Gasteiger partial charge in [0.05, 0.1) is 6.54 Å². The van der Waals surface area contributed by atoms with E-state index >= 15 is 0 Å². The molecule has 0 unspecified atom stereocenters. The van der Waals surface area contributed by atoms with E-state index in [0.717, 1.165) is 44.1 Å². The zero-order valence-electron chi connectivity index (χ0n) is 12.3. The average Bonchev–Trinajstić information content (AvgIpc) is 3.10. The SMILES string of the molecule is Cc1cnc([C@@H]2CCCN(CC(=O)N3CCCC3)C2)[nH]1. The van der Waals surface area contributed by atoms with Gasteiger partial charge in [-0.25, -0.2) is 4.98 Å². The Bertz CT molecular complexity index is 464. The summed E-state index contributed by atoms with van der Waals surface area (Å²) < 4.78 is 0. The highest BCUT2D eigenvalue weighted by Crippen LogP contribution is 2.24. The first-order valence-electron chi connectivity index (χ1n) is 7.74. The number of rotatable bonds is 3. The third-order valence-electron chi connectivity index (χ3n) is 4.43. The zero-order chi connectivity index (χ0) is 13.9. The molecule has 1 N–H and O–H groups in total. The van der Waals surface area contributed by atoms with E-state index in [1.165, 1.54) is 19.3 Å². The highest BCUT2D eigenvalue weighted by molar-refractivity contribution is 5.78. The fourth-order valence-electron chi connectivity index (χ4n) is 3.32. The second-order valence-corrected chi connectivity index (χ2v) is 6.11. The van der Waals surface area contributed by atoms with E-state index in [1.54, 1.807) is 0 Å². The molecule has 0 saturated carbocycles. The highest BCUT2D eigenvalue weighted by Gasteiger charge is 2.26. The number of hydrogen-bond donors (Lipinski definition) is 1. The standard InChI is InChI=1S/C15H24N4O/c1-12-9-16-15(17-12)13-5-4-6-18(10-13)11-14(20)19-7-2-3-8-19/h9,13H,2-8,10-11H2,1H3,(H,16,17)/t13-/m1/s1. The Morgan fingerprint density at radius 1 is 1.35 bits per heavy atom. The van der Waals surface area contributed by atoms with Crippen LogP contribution in [0.1, 0.15) is 43.1 Å². The molecular formula is C15H24N4O. The van der Waals surface area contributed by atoms with Crippen LogP contribution in [-0.4, -0.2) is 58.4 Å². The van der Waals surface area contributed by atoms with Crippen LogP contribution in [0.3, 0.4) is 0 Å². The fraction of sp³-hybridized carbons (Fsp3) is 0.733. The third kappa shape index (κ3) is 3.03. The summed E-state index contributed by atoms with van der Waals surface area (Å²) in [5.74, 6) is 1.84. The molecule has 5 heteroatoms. The van der Waals surface area contributed by atoms with Crippen LogP contribution in [0, 0.1) is 6.92 Å². The Balaban J connectivity index is 1.56. The molecule has 20 heavy (non-hydrogen) atoms. The summed E-state index contributed by atoms with van der Waals surface area (Å²) in [6.45, 7) is 6.51. The quantitative estimate of drug-likeness (QED) is 0.910. The summed E-state index contributed by atoms with van der Waals surface area (Å²) in [7, 11) is 0. The van der Waals surface area contributed by atoms with Crippen LogP contribution in [0.25, 0.3) is 0 Å². The minimum absolute atomic E-state index is 0.304. The van der Waals surface area contributed by atoms with Gasteiger partial charge in [0.25, 0.3) is 0 Å². The molecule has 5 nitrogen and oxygen atoms in total. The van der Waals surface area contributed by atoms with Gasteiger partial charge >= 0.3 is 0 Å². The van der Waals surface area contributed by atoms with Crippen LogP contribution in [0.15, 0.2) is 6.20 Å². The first-order valence-corrected chi connectivity index (χ1v) is 7.74. The molecule has 0 radical (unpaired) electrons. The third-order valence-corrected chi connectivity index (χ3v) is 4.43. The van der Waals surface area contributed by atoms with Crippen molar-refractivity contribution in [1.29, 1.82) is 0 Å². The lowest BCUT2D eigenvalue weighted by molar-refractivity contribution is -0.131. The molecule has 2 aliphatic heterocycles. The molecule has 110 valence electrons. The van der Waals surface area contributed by atoms with E-state index < -0.39 is 0 Å². The van der Waals surface area contributed by atoms with E-state index in [0.29, 0.717) is 18.4 Å². The molecule has 2 saturated heterocycles. The molecule has 3 rings (SSSR count). The number of nitrogens with one attached hydrogen (secondary N) is 1. The first kappa shape index (κ1) is 13.6. The molecular weight excluding hydrogens is 252 g/mol. The first-order chi connectivity index (χ1) is 9.72. The summed E-state index contributed by atoms with van der Waals surface area (Å²) in [4.78, 5) is 24.3. The number of carbonyl (C=O) groups excluding carboxylic acids is 1. The number of imidazole rings is 1. The minimum Gasteiger partial charge on any atom is -0.346 e. The topological polar surface area (TPSA) is 52.2 Å². The fourth-order valence-corrected chi connectivity index (χ4v) is 3.32. The van der Waals surface area contributed by atoms with Crippen molar-refractivity contribution >= 4 is 5.91 Å². The van der Waals surface area contributed by atoms with Gasteiger partial charge in [-0.2, -0.15) is 0 Å². The lowest BCUT2D eigenvalue weighted by Gasteiger charge is -2.32. The smallest absolute Gasteiger partial charge is 0.236 e. The van der Waals surface area contributed by atoms with Gasteiger partial charge in [0, 0.05) is 37.4 Å². The van der Waals surface area contributed by atoms with Crippen LogP contribution in [0.5, 0.6) is 0 Å². The Morgan fingerprint density at radius 3 is 2.85 bits per heavy atom. The lowest BCUT2D eigenvalue weighted by atomic mass is 9.97. The molecule has 0 spiro atoms. The molecule has 1 aromatic heterocycles. The summed E-state index contributed by atoms with van der Waals surface area (Å²) in [5.41, 5.74) is 1.12. The normalized spacial score (nSPS) is 24.2. The van der Waals surface area contributed by atoms with E-state index in [1.807, 2.05) is 18.0 Å². The Labute approximate surface area is 120 Å². The Kier molecular flexibility index (Phi) is 4.05. The zero-order valence-corrected chi connectivity index (χ0v) is 12.3. The van der Waals surface area contributed by atoms with Crippen LogP contribution in [0.4, 0.5) is 0 Å². The molecule has 1 amide bonds. The van der Waals surface area contributed by atoms with Crippen molar-refractivity contribution < 1.29 is 4.79 Å². The van der Waals surface area contributed by atoms with E-state index in [4.69, 9.17) is 0 Å². The molecule has 0 aliphatic carbocycles. The van der Waals surface area contributed by atoms with Crippen molar-refractivity contribution in [3.63, 3.8) is 0 Å². The van der Waals surface area contributed by atoms with Gasteiger partial charge in [-0.15, -0.1) is 0 Å². The van der Waals surface area contributed by atoms with Crippen LogP contribution >= 0.6 is 0 Å². The number of nitrogens with zero attached hydrogens (tertiary/aromatic N) is 3. The molecule has 1 aromatic rings. The number of amides is 1. The molecule has 3 heterocycles. The highest BCUT2D eigenvalue weighted by atomic mass is 16.2. The van der Waals surface area contributed by atoms with Crippen molar-refractivity contribution in [1.82, 2.24) is 19.8 Å². The monoisotopic (exact) mass is 276 g/mol. The van der Waals surface area contributed by atoms with Gasteiger partial charge < -0.3 is 9.88 Å². The summed E-state index contributed by atoms with van der Waals surface area (Å²) in [6, 6.07) is 0. The predicted molar refractivity (Wildman–Crippen MR) is 77.6 cm³/mol. The van der Waals surface area contributed by atoms with Gasteiger partial charge in [-0.05, 0) is 39.2 Å². The van der Waals surface area contributed by atoms with Crippen LogP contribution in [-0.2, 0) is 4.79 Å². The number of aromatic amines is 1. The van der Waals surface area contributed by atoms with Crippen molar-refractivity contribution in [3.05, 3.63) is 17.7 Å². The van der Waals surface area contributed by atoms with Gasteiger partial charge in [-0.3, -0.25) is 9.69 Å². The van der Waals surface area contributed by atoms with Gasteiger partial charge in [0.15, 0.2) is 0 Å². The average molecular weight is 276 g/mol. The minimum atomic E-state index is 0.304. The van der Waals surface area contributed by atoms with E-state index in [2.05, 4.69) is 14.9 Å². The van der Waals surface area contributed by atoms with Crippen molar-refractivity contribution in [2.24, 2.45) is 0 Å². The number of aromatic nitrogens is 2. The van der Waals surface area contributed by atoms with E-state index in [-0.39, 0.29) is 0 Å². The Hall–Kier alpha value is -1.36.